The molecule has 3 heterocycles. The zero-order chi connectivity index (χ0) is 21.9. The molecule has 0 radical (unpaired) electrons. The average molecular weight is 432 g/mol. The molecule has 1 aliphatic heterocycles. The van der Waals surface area contributed by atoms with Gasteiger partial charge in [-0.25, -0.2) is 0 Å². The van der Waals surface area contributed by atoms with Crippen molar-refractivity contribution >= 4 is 28.6 Å². The van der Waals surface area contributed by atoms with Gasteiger partial charge in [0.25, 0.3) is 5.56 Å². The molecule has 9 nitrogen and oxygen atoms in total. The number of hydrogen-bond acceptors (Lipinski definition) is 7. The molecule has 0 unspecified atom stereocenters. The van der Waals surface area contributed by atoms with E-state index in [1.165, 1.54) is 5.69 Å². The first-order valence-electron chi connectivity index (χ1n) is 10.7. The maximum atomic E-state index is 12.7. The second-order valence-corrected chi connectivity index (χ2v) is 7.52. The van der Waals surface area contributed by atoms with Gasteiger partial charge in [-0.2, -0.15) is 0 Å². The summed E-state index contributed by atoms with van der Waals surface area (Å²) in [7, 11) is 0. The third kappa shape index (κ3) is 3.71. The van der Waals surface area contributed by atoms with Crippen LogP contribution in [0.2, 0.25) is 0 Å². The number of rotatable bonds is 6. The van der Waals surface area contributed by atoms with Crippen LogP contribution in [-0.4, -0.2) is 51.7 Å². The van der Waals surface area contributed by atoms with E-state index in [4.69, 9.17) is 9.57 Å². The van der Waals surface area contributed by atoms with Crippen molar-refractivity contribution in [2.45, 2.75) is 20.1 Å². The summed E-state index contributed by atoms with van der Waals surface area (Å²) < 4.78 is 8.87. The van der Waals surface area contributed by atoms with Crippen LogP contribution in [0.15, 0.2) is 58.5 Å². The smallest absolute Gasteiger partial charge is 0.262 e. The van der Waals surface area contributed by atoms with Gasteiger partial charge in [-0.05, 0) is 36.8 Å². The van der Waals surface area contributed by atoms with Gasteiger partial charge in [-0.15, -0.1) is 10.2 Å². The van der Waals surface area contributed by atoms with Gasteiger partial charge in [-0.1, -0.05) is 29.4 Å². The topological polar surface area (TPSA) is 86.2 Å². The molecule has 1 aliphatic rings. The Kier molecular flexibility index (Phi) is 5.55. The number of nitrogens with zero attached hydrogens (tertiary/aromatic N) is 6. The average Bonchev–Trinajstić information content (AvgIpc) is 3.27. The van der Waals surface area contributed by atoms with Crippen LogP contribution in [0.5, 0.6) is 0 Å². The predicted molar refractivity (Wildman–Crippen MR) is 122 cm³/mol. The Hall–Kier alpha value is -3.72. The number of ether oxygens (including phenoxy) is 1. The van der Waals surface area contributed by atoms with E-state index in [0.717, 1.165) is 37.4 Å². The molecule has 0 spiro atoms. The molecule has 9 heteroatoms. The normalized spacial score (nSPS) is 14.6. The number of benzene rings is 2. The lowest BCUT2D eigenvalue weighted by Crippen LogP contribution is -2.36. The van der Waals surface area contributed by atoms with E-state index in [-0.39, 0.29) is 12.2 Å². The fourth-order valence-corrected chi connectivity index (χ4v) is 3.98. The Labute approximate surface area is 184 Å². The summed E-state index contributed by atoms with van der Waals surface area (Å²) >= 11 is 0. The molecule has 0 atom stereocenters. The second kappa shape index (κ2) is 8.80. The predicted octanol–water partition coefficient (Wildman–Crippen LogP) is 2.45. The van der Waals surface area contributed by atoms with Gasteiger partial charge >= 0.3 is 0 Å². The quantitative estimate of drug-likeness (QED) is 0.344. The number of oxime groups is 1. The Balaban J connectivity index is 1.33. The van der Waals surface area contributed by atoms with Crippen molar-refractivity contribution < 1.29 is 9.57 Å². The summed E-state index contributed by atoms with van der Waals surface area (Å²) in [4.78, 5) is 20.6. The first kappa shape index (κ1) is 20.2. The lowest BCUT2D eigenvalue weighted by Gasteiger charge is -2.28. The summed E-state index contributed by atoms with van der Waals surface area (Å²) in [5, 5.41) is 13.2. The number of aryl methyl sites for hydroxylation is 1. The van der Waals surface area contributed by atoms with E-state index < -0.39 is 0 Å². The van der Waals surface area contributed by atoms with Gasteiger partial charge in [0.05, 0.1) is 30.3 Å². The number of para-hydroxylation sites is 1. The summed E-state index contributed by atoms with van der Waals surface area (Å²) in [6, 6.07) is 15.6. The summed E-state index contributed by atoms with van der Waals surface area (Å²) in [6.45, 7) is 5.89. The molecule has 32 heavy (non-hydrogen) atoms. The van der Waals surface area contributed by atoms with Crippen molar-refractivity contribution in [3.63, 3.8) is 0 Å². The Morgan fingerprint density at radius 3 is 2.66 bits per heavy atom. The third-order valence-corrected chi connectivity index (χ3v) is 5.63. The van der Waals surface area contributed by atoms with Crippen LogP contribution in [-0.2, 0) is 22.7 Å². The lowest BCUT2D eigenvalue weighted by atomic mass is 10.2. The Bertz CT molecular complexity index is 1320. The van der Waals surface area contributed by atoms with Crippen LogP contribution in [0.25, 0.3) is 16.7 Å². The minimum Gasteiger partial charge on any atom is -0.388 e. The highest BCUT2D eigenvalue weighted by atomic mass is 16.6. The molecular formula is C23H24N6O3. The van der Waals surface area contributed by atoms with Crippen molar-refractivity contribution in [1.29, 1.82) is 0 Å². The van der Waals surface area contributed by atoms with E-state index in [2.05, 4.69) is 32.4 Å². The molecule has 0 N–H and O–H groups in total. The zero-order valence-corrected chi connectivity index (χ0v) is 17.8. The van der Waals surface area contributed by atoms with Gasteiger partial charge in [0.1, 0.15) is 0 Å². The Morgan fingerprint density at radius 1 is 1.09 bits per heavy atom. The molecule has 164 valence electrons. The standard InChI is InChI=1S/C23H24N6O3/c1-2-28-22(30)19-5-3-4-6-20(19)29-21(25-26-23(28)29)16-32-24-15-17-7-9-18(10-8-17)27-11-13-31-14-12-27/h3-10,15H,2,11-14,16H2,1H3/b24-15+. The van der Waals surface area contributed by atoms with Gasteiger partial charge in [-0.3, -0.25) is 13.8 Å². The van der Waals surface area contributed by atoms with Crippen molar-refractivity contribution in [1.82, 2.24) is 19.2 Å². The molecule has 4 aromatic rings. The van der Waals surface area contributed by atoms with Crippen LogP contribution >= 0.6 is 0 Å². The first-order chi connectivity index (χ1) is 15.8. The van der Waals surface area contributed by atoms with Crippen molar-refractivity contribution in [3.05, 3.63) is 70.3 Å². The van der Waals surface area contributed by atoms with E-state index >= 15 is 0 Å². The largest absolute Gasteiger partial charge is 0.388 e. The highest BCUT2D eigenvalue weighted by molar-refractivity contribution is 5.80. The molecule has 5 rings (SSSR count). The molecule has 0 amide bonds. The minimum absolute atomic E-state index is 0.0750. The number of morpholine rings is 1. The Morgan fingerprint density at radius 2 is 1.88 bits per heavy atom. The van der Waals surface area contributed by atoms with Gasteiger partial charge in [0.15, 0.2) is 12.4 Å². The number of aromatic nitrogens is 4. The van der Waals surface area contributed by atoms with E-state index in [1.54, 1.807) is 10.8 Å². The van der Waals surface area contributed by atoms with Crippen LogP contribution in [0.1, 0.15) is 18.3 Å². The maximum Gasteiger partial charge on any atom is 0.262 e. The zero-order valence-electron chi connectivity index (χ0n) is 17.8. The molecule has 0 aliphatic carbocycles. The molecular weight excluding hydrogens is 408 g/mol. The van der Waals surface area contributed by atoms with Crippen molar-refractivity contribution in [3.8, 4) is 0 Å². The van der Waals surface area contributed by atoms with Crippen LogP contribution in [0.3, 0.4) is 0 Å². The number of fused-ring (bicyclic) bond motifs is 3. The van der Waals surface area contributed by atoms with Gasteiger partial charge in [0.2, 0.25) is 5.78 Å². The number of anilines is 1. The highest BCUT2D eigenvalue weighted by Crippen LogP contribution is 2.17. The van der Waals surface area contributed by atoms with Crippen LogP contribution in [0, 0.1) is 0 Å². The maximum absolute atomic E-state index is 12.7. The van der Waals surface area contributed by atoms with Gasteiger partial charge in [0, 0.05) is 25.3 Å². The summed E-state index contributed by atoms with van der Waals surface area (Å²) in [6.07, 6.45) is 1.67. The summed E-state index contributed by atoms with van der Waals surface area (Å²) in [5.41, 5.74) is 2.80. The molecule has 2 aromatic heterocycles. The highest BCUT2D eigenvalue weighted by Gasteiger charge is 2.15. The van der Waals surface area contributed by atoms with Crippen LogP contribution in [0.4, 0.5) is 5.69 Å². The number of hydrogen-bond donors (Lipinski definition) is 0. The lowest BCUT2D eigenvalue weighted by molar-refractivity contribution is 0.122. The van der Waals surface area contributed by atoms with Crippen molar-refractivity contribution in [2.24, 2.45) is 5.16 Å². The monoisotopic (exact) mass is 432 g/mol. The van der Waals surface area contributed by atoms with E-state index in [0.29, 0.717) is 23.5 Å². The van der Waals surface area contributed by atoms with Gasteiger partial charge < -0.3 is 14.5 Å². The first-order valence-corrected chi connectivity index (χ1v) is 10.7. The fourth-order valence-electron chi connectivity index (χ4n) is 3.98. The van der Waals surface area contributed by atoms with Crippen molar-refractivity contribution in [2.75, 3.05) is 31.2 Å². The fraction of sp³-hybridized carbons (Fsp3) is 0.304. The molecule has 1 saturated heterocycles. The van der Waals surface area contributed by atoms with E-state index in [1.807, 2.05) is 47.7 Å². The SMILES string of the molecule is CCn1c(=O)c2ccccc2n2c(CO/N=C/c3ccc(N4CCOCC4)cc3)nnc12. The molecule has 0 bridgehead atoms. The molecule has 0 saturated carbocycles. The second-order valence-electron chi connectivity index (χ2n) is 7.52. The van der Waals surface area contributed by atoms with E-state index in [9.17, 15) is 4.79 Å². The van der Waals surface area contributed by atoms with Crippen LogP contribution < -0.4 is 10.5 Å². The molecule has 1 fully saturated rings. The molecule has 2 aromatic carbocycles. The summed E-state index contributed by atoms with van der Waals surface area (Å²) in [5.74, 6) is 1.08. The third-order valence-electron chi connectivity index (χ3n) is 5.63. The minimum atomic E-state index is -0.0750.